The van der Waals surface area contributed by atoms with Crippen LogP contribution in [0.5, 0.6) is 0 Å². The van der Waals surface area contributed by atoms with Crippen LogP contribution in [0.1, 0.15) is 29.3 Å². The lowest BCUT2D eigenvalue weighted by atomic mass is 10.1. The highest BCUT2D eigenvalue weighted by atomic mass is 19.4. The number of carbonyl (C=O) groups is 2. The Bertz CT molecular complexity index is 486. The number of rotatable bonds is 4. The summed E-state index contributed by atoms with van der Waals surface area (Å²) in [4.78, 5) is 22.7. The van der Waals surface area contributed by atoms with Gasteiger partial charge in [0.1, 0.15) is 6.04 Å². The van der Waals surface area contributed by atoms with Crippen LogP contribution in [-0.2, 0) is 11.0 Å². The average Bonchev–Trinajstić information content (AvgIpc) is 2.34. The molecular formula is C12H13F3N2O2. The van der Waals surface area contributed by atoms with Crippen LogP contribution in [0.3, 0.4) is 0 Å². The Morgan fingerprint density at radius 2 is 2.00 bits per heavy atom. The monoisotopic (exact) mass is 274 g/mol. The van der Waals surface area contributed by atoms with Gasteiger partial charge >= 0.3 is 6.18 Å². The van der Waals surface area contributed by atoms with Crippen molar-refractivity contribution in [1.82, 2.24) is 5.32 Å². The Labute approximate surface area is 107 Å². The number of amides is 2. The van der Waals surface area contributed by atoms with Gasteiger partial charge in [0.25, 0.3) is 5.91 Å². The molecule has 7 heteroatoms. The van der Waals surface area contributed by atoms with Gasteiger partial charge in [-0.1, -0.05) is 13.0 Å². The molecule has 0 fully saturated rings. The Balaban J connectivity index is 2.92. The molecule has 0 saturated heterocycles. The van der Waals surface area contributed by atoms with Gasteiger partial charge in [0.2, 0.25) is 5.91 Å². The van der Waals surface area contributed by atoms with Crippen LogP contribution in [0.15, 0.2) is 24.3 Å². The normalized spacial score (nSPS) is 12.8. The first-order valence-corrected chi connectivity index (χ1v) is 5.53. The molecule has 0 aliphatic carbocycles. The van der Waals surface area contributed by atoms with Crippen LogP contribution >= 0.6 is 0 Å². The number of hydrogen-bond acceptors (Lipinski definition) is 2. The van der Waals surface area contributed by atoms with Crippen molar-refractivity contribution in [2.24, 2.45) is 5.73 Å². The van der Waals surface area contributed by atoms with Gasteiger partial charge in [-0.3, -0.25) is 9.59 Å². The summed E-state index contributed by atoms with van der Waals surface area (Å²) >= 11 is 0. The van der Waals surface area contributed by atoms with E-state index in [0.29, 0.717) is 0 Å². The summed E-state index contributed by atoms with van der Waals surface area (Å²) in [5, 5.41) is 2.28. The molecule has 0 aromatic heterocycles. The summed E-state index contributed by atoms with van der Waals surface area (Å²) in [6, 6.07) is 3.05. The van der Waals surface area contributed by atoms with Crippen molar-refractivity contribution in [2.75, 3.05) is 0 Å². The van der Waals surface area contributed by atoms with E-state index in [1.54, 1.807) is 6.92 Å². The quantitative estimate of drug-likeness (QED) is 0.877. The molecule has 0 aliphatic rings. The molecule has 0 aliphatic heterocycles. The first-order valence-electron chi connectivity index (χ1n) is 5.53. The third kappa shape index (κ3) is 3.97. The maximum absolute atomic E-state index is 12.5. The Morgan fingerprint density at radius 1 is 1.37 bits per heavy atom. The van der Waals surface area contributed by atoms with Crippen molar-refractivity contribution in [3.05, 3.63) is 35.4 Å². The van der Waals surface area contributed by atoms with E-state index in [4.69, 9.17) is 5.73 Å². The Hall–Kier alpha value is -2.05. The number of carbonyl (C=O) groups excluding carboxylic acids is 2. The van der Waals surface area contributed by atoms with Gasteiger partial charge in [-0.15, -0.1) is 0 Å². The van der Waals surface area contributed by atoms with Crippen molar-refractivity contribution in [1.29, 1.82) is 0 Å². The van der Waals surface area contributed by atoms with E-state index in [1.165, 1.54) is 6.07 Å². The number of primary amides is 1. The van der Waals surface area contributed by atoms with E-state index in [2.05, 4.69) is 5.32 Å². The van der Waals surface area contributed by atoms with E-state index in [9.17, 15) is 22.8 Å². The van der Waals surface area contributed by atoms with Crippen molar-refractivity contribution >= 4 is 11.8 Å². The van der Waals surface area contributed by atoms with Crippen LogP contribution in [0, 0.1) is 0 Å². The molecule has 0 spiro atoms. The molecule has 1 aromatic carbocycles. The van der Waals surface area contributed by atoms with Gasteiger partial charge in [-0.05, 0) is 24.6 Å². The average molecular weight is 274 g/mol. The van der Waals surface area contributed by atoms with Crippen molar-refractivity contribution in [3.8, 4) is 0 Å². The molecule has 0 heterocycles. The number of nitrogens with two attached hydrogens (primary N) is 1. The Morgan fingerprint density at radius 3 is 2.47 bits per heavy atom. The first-order chi connectivity index (χ1) is 8.75. The predicted molar refractivity (Wildman–Crippen MR) is 62.2 cm³/mol. The van der Waals surface area contributed by atoms with Crippen LogP contribution in [0.25, 0.3) is 0 Å². The van der Waals surface area contributed by atoms with Gasteiger partial charge in [-0.25, -0.2) is 0 Å². The summed E-state index contributed by atoms with van der Waals surface area (Å²) in [6.07, 6.45) is -4.26. The number of benzene rings is 1. The van der Waals surface area contributed by atoms with E-state index in [-0.39, 0.29) is 12.0 Å². The lowest BCUT2D eigenvalue weighted by Crippen LogP contribution is -2.43. The third-order valence-corrected chi connectivity index (χ3v) is 2.51. The molecule has 4 nitrogen and oxygen atoms in total. The largest absolute Gasteiger partial charge is 0.416 e. The molecule has 1 rings (SSSR count). The standard InChI is InChI=1S/C12H13F3N2O2/c1-2-9(10(16)18)17-11(19)7-4-3-5-8(6-7)12(13,14)15/h3-6,9H,2H2,1H3,(H2,16,18)(H,17,19)/t9-/m0/s1. The summed E-state index contributed by atoms with van der Waals surface area (Å²) in [7, 11) is 0. The van der Waals surface area contributed by atoms with Crippen molar-refractivity contribution in [3.63, 3.8) is 0 Å². The first kappa shape index (κ1) is 15.0. The van der Waals surface area contributed by atoms with Gasteiger partial charge in [-0.2, -0.15) is 13.2 Å². The summed E-state index contributed by atoms with van der Waals surface area (Å²) in [5.41, 5.74) is 3.94. The van der Waals surface area contributed by atoms with Gasteiger partial charge in [0, 0.05) is 5.56 Å². The van der Waals surface area contributed by atoms with Crippen molar-refractivity contribution in [2.45, 2.75) is 25.6 Å². The number of halogens is 3. The fourth-order valence-electron chi connectivity index (χ4n) is 1.45. The molecule has 104 valence electrons. The second kappa shape index (κ2) is 5.73. The molecule has 0 saturated carbocycles. The molecule has 1 aromatic rings. The van der Waals surface area contributed by atoms with Crippen LogP contribution in [0.4, 0.5) is 13.2 Å². The third-order valence-electron chi connectivity index (χ3n) is 2.51. The van der Waals surface area contributed by atoms with Gasteiger partial charge in [0.15, 0.2) is 0 Å². The SMILES string of the molecule is CC[C@H](NC(=O)c1cccc(C(F)(F)F)c1)C(N)=O. The number of nitrogens with one attached hydrogen (secondary N) is 1. The maximum Gasteiger partial charge on any atom is 0.416 e. The van der Waals surface area contributed by atoms with Crippen molar-refractivity contribution < 1.29 is 22.8 Å². The second-order valence-electron chi connectivity index (χ2n) is 3.92. The molecular weight excluding hydrogens is 261 g/mol. The summed E-state index contributed by atoms with van der Waals surface area (Å²) < 4.78 is 37.4. The molecule has 0 radical (unpaired) electrons. The minimum Gasteiger partial charge on any atom is -0.368 e. The lowest BCUT2D eigenvalue weighted by molar-refractivity contribution is -0.137. The predicted octanol–water partition coefficient (Wildman–Crippen LogP) is 1.70. The van der Waals surface area contributed by atoms with E-state index >= 15 is 0 Å². The van der Waals surface area contributed by atoms with Gasteiger partial charge < -0.3 is 11.1 Å². The highest BCUT2D eigenvalue weighted by Crippen LogP contribution is 2.29. The minimum atomic E-state index is -4.52. The zero-order valence-corrected chi connectivity index (χ0v) is 10.1. The maximum atomic E-state index is 12.5. The lowest BCUT2D eigenvalue weighted by Gasteiger charge is -2.14. The van der Waals surface area contributed by atoms with Crippen LogP contribution in [-0.4, -0.2) is 17.9 Å². The van der Waals surface area contributed by atoms with Gasteiger partial charge in [0.05, 0.1) is 5.56 Å². The number of alkyl halides is 3. The van der Waals surface area contributed by atoms with E-state index in [1.807, 2.05) is 0 Å². The van der Waals surface area contributed by atoms with Crippen LogP contribution < -0.4 is 11.1 Å². The zero-order chi connectivity index (χ0) is 14.6. The van der Waals surface area contributed by atoms with E-state index < -0.39 is 29.6 Å². The highest BCUT2D eigenvalue weighted by molar-refractivity contribution is 5.97. The highest BCUT2D eigenvalue weighted by Gasteiger charge is 2.31. The second-order valence-corrected chi connectivity index (χ2v) is 3.92. The van der Waals surface area contributed by atoms with E-state index in [0.717, 1.165) is 18.2 Å². The fourth-order valence-corrected chi connectivity index (χ4v) is 1.45. The molecule has 1 atom stereocenters. The molecule has 19 heavy (non-hydrogen) atoms. The molecule has 0 unspecified atom stereocenters. The zero-order valence-electron chi connectivity index (χ0n) is 10.1. The summed E-state index contributed by atoms with van der Waals surface area (Å²) in [5.74, 6) is -1.50. The summed E-state index contributed by atoms with van der Waals surface area (Å²) in [6.45, 7) is 1.63. The minimum absolute atomic E-state index is 0.172. The number of hydrogen-bond donors (Lipinski definition) is 2. The molecule has 0 bridgehead atoms. The molecule has 3 N–H and O–H groups in total. The molecule has 2 amide bonds. The van der Waals surface area contributed by atoms with Crippen LogP contribution in [0.2, 0.25) is 0 Å². The fraction of sp³-hybridized carbons (Fsp3) is 0.333. The Kier molecular flexibility index (Phi) is 4.52. The smallest absolute Gasteiger partial charge is 0.368 e. The topological polar surface area (TPSA) is 72.2 Å².